The van der Waals surface area contributed by atoms with Gasteiger partial charge in [0.05, 0.1) is 25.2 Å². The van der Waals surface area contributed by atoms with E-state index in [2.05, 4.69) is 20.9 Å². The number of aliphatic hydroxyl groups excluding tert-OH is 1. The number of aromatic nitrogens is 2. The Morgan fingerprint density at radius 3 is 3.00 bits per heavy atom. The molecule has 1 rings (SSSR count). The van der Waals surface area contributed by atoms with Crippen LogP contribution < -0.4 is 5.56 Å². The Balaban J connectivity index is 3.18. The standard InChI is InChI=1S/C7H9BrN2O2/c1-5-6(8)7(12)10(2-3-11)4-9-5/h4,11H,2-3H2,1H3. The first kappa shape index (κ1) is 9.41. The molecule has 5 heteroatoms. The van der Waals surface area contributed by atoms with E-state index in [0.29, 0.717) is 10.2 Å². The molecule has 0 bridgehead atoms. The first-order chi connectivity index (χ1) is 5.66. The second kappa shape index (κ2) is 3.82. The fourth-order valence-electron chi connectivity index (χ4n) is 0.813. The van der Waals surface area contributed by atoms with Gasteiger partial charge in [0.2, 0.25) is 0 Å². The summed E-state index contributed by atoms with van der Waals surface area (Å²) in [6, 6.07) is 0. The van der Waals surface area contributed by atoms with Gasteiger partial charge in [-0.15, -0.1) is 0 Å². The van der Waals surface area contributed by atoms with Gasteiger partial charge < -0.3 is 5.11 Å². The molecule has 0 amide bonds. The molecule has 0 atom stereocenters. The summed E-state index contributed by atoms with van der Waals surface area (Å²) >= 11 is 3.12. The zero-order valence-electron chi connectivity index (χ0n) is 6.62. The Bertz CT molecular complexity index is 335. The van der Waals surface area contributed by atoms with Crippen molar-refractivity contribution in [2.75, 3.05) is 6.61 Å². The molecule has 0 saturated heterocycles. The highest BCUT2D eigenvalue weighted by Gasteiger charge is 2.03. The van der Waals surface area contributed by atoms with Crippen molar-refractivity contribution in [3.05, 3.63) is 26.8 Å². The molecule has 0 spiro atoms. The van der Waals surface area contributed by atoms with Gasteiger partial charge in [-0.05, 0) is 22.9 Å². The van der Waals surface area contributed by atoms with Crippen molar-refractivity contribution in [3.63, 3.8) is 0 Å². The SMILES string of the molecule is Cc1ncn(CCO)c(=O)c1Br. The third-order valence-electron chi connectivity index (χ3n) is 1.50. The maximum atomic E-state index is 11.3. The van der Waals surface area contributed by atoms with E-state index in [-0.39, 0.29) is 18.7 Å². The predicted molar refractivity (Wildman–Crippen MR) is 48.0 cm³/mol. The van der Waals surface area contributed by atoms with Crippen LogP contribution in [0.3, 0.4) is 0 Å². The number of rotatable bonds is 2. The van der Waals surface area contributed by atoms with Crippen molar-refractivity contribution < 1.29 is 5.11 Å². The molecule has 1 heterocycles. The molecule has 0 aliphatic heterocycles. The highest BCUT2D eigenvalue weighted by atomic mass is 79.9. The summed E-state index contributed by atoms with van der Waals surface area (Å²) in [6.07, 6.45) is 1.43. The molecule has 4 nitrogen and oxygen atoms in total. The number of halogens is 1. The lowest BCUT2D eigenvalue weighted by Gasteiger charge is -2.03. The summed E-state index contributed by atoms with van der Waals surface area (Å²) in [5.41, 5.74) is 0.505. The zero-order valence-corrected chi connectivity index (χ0v) is 8.21. The van der Waals surface area contributed by atoms with Crippen LogP contribution in [0.5, 0.6) is 0 Å². The Morgan fingerprint density at radius 2 is 2.42 bits per heavy atom. The Kier molecular flexibility index (Phi) is 2.99. The molecule has 1 aromatic heterocycles. The highest BCUT2D eigenvalue weighted by molar-refractivity contribution is 9.10. The van der Waals surface area contributed by atoms with Crippen LogP contribution in [0.2, 0.25) is 0 Å². The molecule has 0 unspecified atom stereocenters. The molecular formula is C7H9BrN2O2. The second-order valence-corrected chi connectivity index (χ2v) is 3.16. The Hall–Kier alpha value is -0.680. The van der Waals surface area contributed by atoms with Gasteiger partial charge in [0.15, 0.2) is 0 Å². The monoisotopic (exact) mass is 232 g/mol. The summed E-state index contributed by atoms with van der Waals surface area (Å²) in [5, 5.41) is 8.60. The van der Waals surface area contributed by atoms with Crippen LogP contribution in [0.4, 0.5) is 0 Å². The van der Waals surface area contributed by atoms with Crippen LogP contribution in [-0.2, 0) is 6.54 Å². The van der Waals surface area contributed by atoms with Crippen LogP contribution in [0, 0.1) is 6.92 Å². The van der Waals surface area contributed by atoms with E-state index >= 15 is 0 Å². The smallest absolute Gasteiger partial charge is 0.267 e. The van der Waals surface area contributed by atoms with Gasteiger partial charge in [-0.3, -0.25) is 9.36 Å². The minimum absolute atomic E-state index is 0.0584. The third-order valence-corrected chi connectivity index (χ3v) is 2.41. The normalized spacial score (nSPS) is 10.2. The minimum atomic E-state index is -0.156. The van der Waals surface area contributed by atoms with E-state index in [1.165, 1.54) is 10.9 Å². The fraction of sp³-hybridized carbons (Fsp3) is 0.429. The number of hydrogen-bond donors (Lipinski definition) is 1. The quantitative estimate of drug-likeness (QED) is 0.799. The Morgan fingerprint density at radius 1 is 1.75 bits per heavy atom. The summed E-state index contributed by atoms with van der Waals surface area (Å²) < 4.78 is 1.82. The lowest BCUT2D eigenvalue weighted by atomic mass is 10.4. The van der Waals surface area contributed by atoms with Gasteiger partial charge in [-0.25, -0.2) is 4.98 Å². The van der Waals surface area contributed by atoms with Crippen molar-refractivity contribution in [2.45, 2.75) is 13.5 Å². The summed E-state index contributed by atoms with van der Waals surface area (Å²) in [7, 11) is 0. The predicted octanol–water partition coefficient (Wildman–Crippen LogP) is 0.307. The van der Waals surface area contributed by atoms with Crippen molar-refractivity contribution in [1.82, 2.24) is 9.55 Å². The number of hydrogen-bond acceptors (Lipinski definition) is 3. The van der Waals surface area contributed by atoms with E-state index < -0.39 is 0 Å². The maximum absolute atomic E-state index is 11.3. The summed E-state index contributed by atoms with van der Waals surface area (Å²) in [6.45, 7) is 1.97. The molecule has 1 aromatic rings. The number of nitrogens with zero attached hydrogens (tertiary/aromatic N) is 2. The van der Waals surface area contributed by atoms with Crippen LogP contribution in [0.25, 0.3) is 0 Å². The minimum Gasteiger partial charge on any atom is -0.395 e. The molecule has 0 aliphatic rings. The van der Waals surface area contributed by atoms with Gasteiger partial charge in [0.1, 0.15) is 4.47 Å². The molecule has 0 saturated carbocycles. The van der Waals surface area contributed by atoms with Crippen LogP contribution in [-0.4, -0.2) is 21.3 Å². The molecular weight excluding hydrogens is 224 g/mol. The molecule has 66 valence electrons. The second-order valence-electron chi connectivity index (χ2n) is 2.37. The van der Waals surface area contributed by atoms with E-state index in [4.69, 9.17) is 5.11 Å². The molecule has 12 heavy (non-hydrogen) atoms. The first-order valence-electron chi connectivity index (χ1n) is 3.49. The van der Waals surface area contributed by atoms with Gasteiger partial charge in [-0.2, -0.15) is 0 Å². The van der Waals surface area contributed by atoms with Crippen LogP contribution in [0.15, 0.2) is 15.6 Å². The topological polar surface area (TPSA) is 55.1 Å². The number of aliphatic hydroxyl groups is 1. The average molecular weight is 233 g/mol. The van der Waals surface area contributed by atoms with Crippen molar-refractivity contribution in [2.24, 2.45) is 0 Å². The van der Waals surface area contributed by atoms with Gasteiger partial charge >= 0.3 is 0 Å². The molecule has 0 radical (unpaired) electrons. The lowest BCUT2D eigenvalue weighted by molar-refractivity contribution is 0.273. The van der Waals surface area contributed by atoms with E-state index in [9.17, 15) is 4.79 Å². The van der Waals surface area contributed by atoms with Crippen molar-refractivity contribution in [1.29, 1.82) is 0 Å². The van der Waals surface area contributed by atoms with E-state index in [1.807, 2.05) is 0 Å². The van der Waals surface area contributed by atoms with E-state index in [1.54, 1.807) is 6.92 Å². The molecule has 0 fully saturated rings. The van der Waals surface area contributed by atoms with Gasteiger partial charge in [-0.1, -0.05) is 0 Å². The largest absolute Gasteiger partial charge is 0.395 e. The first-order valence-corrected chi connectivity index (χ1v) is 4.28. The van der Waals surface area contributed by atoms with Crippen LogP contribution in [0.1, 0.15) is 5.69 Å². The third kappa shape index (κ3) is 1.73. The molecule has 0 aliphatic carbocycles. The zero-order chi connectivity index (χ0) is 9.14. The van der Waals surface area contributed by atoms with Gasteiger partial charge in [0.25, 0.3) is 5.56 Å². The highest BCUT2D eigenvalue weighted by Crippen LogP contribution is 2.05. The maximum Gasteiger partial charge on any atom is 0.267 e. The van der Waals surface area contributed by atoms with Crippen molar-refractivity contribution in [3.8, 4) is 0 Å². The van der Waals surface area contributed by atoms with Gasteiger partial charge in [0, 0.05) is 0 Å². The summed E-state index contributed by atoms with van der Waals surface area (Å²) in [5.74, 6) is 0. The molecule has 1 N–H and O–H groups in total. The van der Waals surface area contributed by atoms with Crippen molar-refractivity contribution >= 4 is 15.9 Å². The Labute approximate surface area is 78.0 Å². The lowest BCUT2D eigenvalue weighted by Crippen LogP contribution is -2.23. The van der Waals surface area contributed by atoms with E-state index in [0.717, 1.165) is 0 Å². The average Bonchev–Trinajstić information content (AvgIpc) is 2.07. The fourth-order valence-corrected chi connectivity index (χ4v) is 1.14. The number of aryl methyl sites for hydroxylation is 1. The summed E-state index contributed by atoms with van der Waals surface area (Å²) in [4.78, 5) is 15.3. The molecule has 0 aromatic carbocycles. The van der Waals surface area contributed by atoms with Crippen LogP contribution >= 0.6 is 15.9 Å².